The normalized spacial score (nSPS) is 33.3. The molecule has 1 aliphatic heterocycles. The summed E-state index contributed by atoms with van der Waals surface area (Å²) < 4.78 is 37.3. The quantitative estimate of drug-likeness (QED) is 0.553. The second-order valence-corrected chi connectivity index (χ2v) is 2.52. The smallest absolute Gasteiger partial charge is 0.279 e. The fourth-order valence-corrected chi connectivity index (χ4v) is 0.977. The average molecular weight is 153 g/mol. The minimum Gasteiger partial charge on any atom is -0.316 e. The second-order valence-electron chi connectivity index (χ2n) is 2.52. The Bertz CT molecular complexity index is 116. The van der Waals surface area contributed by atoms with Crippen molar-refractivity contribution in [2.24, 2.45) is 0 Å². The van der Waals surface area contributed by atoms with Gasteiger partial charge in [-0.05, 0) is 13.0 Å². The predicted octanol–water partition coefficient (Wildman–Crippen LogP) is 1.34. The zero-order valence-corrected chi connectivity index (χ0v) is 5.54. The van der Waals surface area contributed by atoms with E-state index in [1.165, 1.54) is 0 Å². The van der Waals surface area contributed by atoms with Crippen LogP contribution in [0.3, 0.4) is 0 Å². The van der Waals surface area contributed by atoms with Crippen LogP contribution < -0.4 is 5.32 Å². The molecule has 1 rings (SSSR count). The third-order valence-electron chi connectivity index (χ3n) is 1.67. The third kappa shape index (κ3) is 1.62. The van der Waals surface area contributed by atoms with Crippen LogP contribution in [-0.2, 0) is 0 Å². The van der Waals surface area contributed by atoms with Crippen molar-refractivity contribution in [2.45, 2.75) is 24.9 Å². The Labute approximate surface area is 57.6 Å². The Balaban J connectivity index is 2.52. The predicted molar refractivity (Wildman–Crippen MR) is 31.9 cm³/mol. The molecule has 0 aromatic carbocycles. The SMILES string of the molecule is FC1CCNCCC1(F)F. The number of hydrogen-bond acceptors (Lipinski definition) is 1. The van der Waals surface area contributed by atoms with Crippen LogP contribution in [0.4, 0.5) is 13.2 Å². The van der Waals surface area contributed by atoms with Crippen molar-refractivity contribution in [3.63, 3.8) is 0 Å². The summed E-state index contributed by atoms with van der Waals surface area (Å²) in [4.78, 5) is 0. The summed E-state index contributed by atoms with van der Waals surface area (Å²) in [5.74, 6) is -3.11. The standard InChI is InChI=1S/C6H10F3N/c7-5-1-3-10-4-2-6(5,8)9/h5,10H,1-4H2. The molecule has 0 aromatic heterocycles. The summed E-state index contributed by atoms with van der Waals surface area (Å²) in [7, 11) is 0. The number of alkyl halides is 3. The van der Waals surface area contributed by atoms with E-state index in [2.05, 4.69) is 5.32 Å². The molecule has 0 saturated carbocycles. The van der Waals surface area contributed by atoms with Crippen molar-refractivity contribution in [2.75, 3.05) is 13.1 Å². The lowest BCUT2D eigenvalue weighted by molar-refractivity contribution is -0.0732. The Kier molecular flexibility index (Phi) is 2.18. The lowest BCUT2D eigenvalue weighted by Crippen LogP contribution is -2.29. The van der Waals surface area contributed by atoms with Gasteiger partial charge in [0.15, 0.2) is 6.17 Å². The highest BCUT2D eigenvalue weighted by Crippen LogP contribution is 2.28. The summed E-state index contributed by atoms with van der Waals surface area (Å²) >= 11 is 0. The molecule has 0 aliphatic carbocycles. The van der Waals surface area contributed by atoms with Crippen LogP contribution in [0.25, 0.3) is 0 Å². The van der Waals surface area contributed by atoms with Gasteiger partial charge in [0.25, 0.3) is 5.92 Å². The Morgan fingerprint density at radius 3 is 2.70 bits per heavy atom. The van der Waals surface area contributed by atoms with E-state index in [-0.39, 0.29) is 19.4 Å². The van der Waals surface area contributed by atoms with Crippen LogP contribution in [0.2, 0.25) is 0 Å². The van der Waals surface area contributed by atoms with Crippen molar-refractivity contribution < 1.29 is 13.2 Å². The van der Waals surface area contributed by atoms with Crippen molar-refractivity contribution in [1.82, 2.24) is 5.32 Å². The lowest BCUT2D eigenvalue weighted by atomic mass is 10.1. The molecule has 1 fully saturated rings. The molecule has 1 atom stereocenters. The molecule has 10 heavy (non-hydrogen) atoms. The first kappa shape index (κ1) is 7.85. The topological polar surface area (TPSA) is 12.0 Å². The highest BCUT2D eigenvalue weighted by atomic mass is 19.3. The molecule has 1 heterocycles. The molecular weight excluding hydrogens is 143 g/mol. The van der Waals surface area contributed by atoms with Gasteiger partial charge in [0, 0.05) is 13.0 Å². The lowest BCUT2D eigenvalue weighted by Gasteiger charge is -2.16. The van der Waals surface area contributed by atoms with Gasteiger partial charge in [0.05, 0.1) is 0 Å². The fourth-order valence-electron chi connectivity index (χ4n) is 0.977. The van der Waals surface area contributed by atoms with Gasteiger partial charge in [-0.25, -0.2) is 13.2 Å². The van der Waals surface area contributed by atoms with E-state index in [0.717, 1.165) is 0 Å². The molecule has 1 N–H and O–H groups in total. The second kappa shape index (κ2) is 2.78. The van der Waals surface area contributed by atoms with Crippen LogP contribution in [0, 0.1) is 0 Å². The largest absolute Gasteiger partial charge is 0.316 e. The van der Waals surface area contributed by atoms with Crippen molar-refractivity contribution in [1.29, 1.82) is 0 Å². The molecule has 4 heteroatoms. The van der Waals surface area contributed by atoms with Crippen LogP contribution in [-0.4, -0.2) is 25.2 Å². The fraction of sp³-hybridized carbons (Fsp3) is 1.00. The molecule has 0 radical (unpaired) electrons. The molecule has 1 nitrogen and oxygen atoms in total. The molecular formula is C6H10F3N. The summed E-state index contributed by atoms with van der Waals surface area (Å²) in [5.41, 5.74) is 0. The van der Waals surface area contributed by atoms with E-state index in [0.29, 0.717) is 6.54 Å². The highest BCUT2D eigenvalue weighted by Gasteiger charge is 2.40. The minimum absolute atomic E-state index is 0.0764. The van der Waals surface area contributed by atoms with Gasteiger partial charge in [-0.2, -0.15) is 0 Å². The van der Waals surface area contributed by atoms with Crippen molar-refractivity contribution in [3.05, 3.63) is 0 Å². The number of nitrogens with one attached hydrogen (secondary N) is 1. The first-order valence-corrected chi connectivity index (χ1v) is 3.35. The number of hydrogen-bond donors (Lipinski definition) is 1. The highest BCUT2D eigenvalue weighted by molar-refractivity contribution is 4.81. The van der Waals surface area contributed by atoms with Gasteiger partial charge in [-0.15, -0.1) is 0 Å². The van der Waals surface area contributed by atoms with Crippen LogP contribution >= 0.6 is 0 Å². The molecule has 60 valence electrons. The zero-order valence-electron chi connectivity index (χ0n) is 5.54. The molecule has 1 saturated heterocycles. The van der Waals surface area contributed by atoms with Gasteiger partial charge in [0.1, 0.15) is 0 Å². The van der Waals surface area contributed by atoms with E-state index in [9.17, 15) is 13.2 Å². The zero-order chi connectivity index (χ0) is 7.61. The summed E-state index contributed by atoms with van der Waals surface area (Å²) in [5, 5.41) is 2.71. The summed E-state index contributed by atoms with van der Waals surface area (Å²) in [6.07, 6.45) is -2.41. The molecule has 1 aliphatic rings. The van der Waals surface area contributed by atoms with Gasteiger partial charge >= 0.3 is 0 Å². The van der Waals surface area contributed by atoms with Gasteiger partial charge in [0.2, 0.25) is 0 Å². The van der Waals surface area contributed by atoms with Crippen LogP contribution in [0.5, 0.6) is 0 Å². The van der Waals surface area contributed by atoms with Gasteiger partial charge < -0.3 is 5.32 Å². The monoisotopic (exact) mass is 153 g/mol. The van der Waals surface area contributed by atoms with E-state index in [1.807, 2.05) is 0 Å². The Morgan fingerprint density at radius 2 is 2.00 bits per heavy atom. The maximum atomic E-state index is 12.4. The third-order valence-corrected chi connectivity index (χ3v) is 1.67. The number of rotatable bonds is 0. The molecule has 0 spiro atoms. The maximum absolute atomic E-state index is 12.4. The maximum Gasteiger partial charge on any atom is 0.279 e. The molecule has 0 bridgehead atoms. The first-order chi connectivity index (χ1) is 4.63. The van der Waals surface area contributed by atoms with E-state index in [1.54, 1.807) is 0 Å². The minimum atomic E-state index is -3.11. The number of halogens is 3. The van der Waals surface area contributed by atoms with E-state index < -0.39 is 12.1 Å². The van der Waals surface area contributed by atoms with Crippen LogP contribution in [0.1, 0.15) is 12.8 Å². The molecule has 1 unspecified atom stereocenters. The van der Waals surface area contributed by atoms with Crippen LogP contribution in [0.15, 0.2) is 0 Å². The molecule has 0 amide bonds. The summed E-state index contributed by atoms with van der Waals surface area (Å²) in [6, 6.07) is 0. The molecule has 0 aromatic rings. The van der Waals surface area contributed by atoms with Gasteiger partial charge in [-0.1, -0.05) is 0 Å². The Hall–Kier alpha value is -0.250. The van der Waals surface area contributed by atoms with E-state index >= 15 is 0 Å². The van der Waals surface area contributed by atoms with Crippen molar-refractivity contribution >= 4 is 0 Å². The van der Waals surface area contributed by atoms with Crippen molar-refractivity contribution in [3.8, 4) is 0 Å². The Morgan fingerprint density at radius 1 is 1.30 bits per heavy atom. The summed E-state index contributed by atoms with van der Waals surface area (Å²) in [6.45, 7) is 0.574. The first-order valence-electron chi connectivity index (χ1n) is 3.35. The van der Waals surface area contributed by atoms with E-state index in [4.69, 9.17) is 0 Å². The van der Waals surface area contributed by atoms with Gasteiger partial charge in [-0.3, -0.25) is 0 Å². The average Bonchev–Trinajstić information content (AvgIpc) is 1.96.